The quantitative estimate of drug-likeness (QED) is 0.844. The van der Waals surface area contributed by atoms with Gasteiger partial charge in [-0.05, 0) is 23.6 Å². The fourth-order valence-corrected chi connectivity index (χ4v) is 1.80. The zero-order chi connectivity index (χ0) is 14.4. The molecule has 0 radical (unpaired) electrons. The molecule has 0 saturated heterocycles. The van der Waals surface area contributed by atoms with E-state index in [4.69, 9.17) is 16.3 Å². The molecule has 0 aromatic heterocycles. The van der Waals surface area contributed by atoms with Crippen LogP contribution in [0.5, 0.6) is 5.75 Å². The summed E-state index contributed by atoms with van der Waals surface area (Å²) in [6.07, 6.45) is -0.499. The fraction of sp³-hybridized carbons (Fsp3) is 0.500. The number of aliphatic hydroxyl groups excluding tert-OH is 1. The van der Waals surface area contributed by atoms with E-state index in [0.29, 0.717) is 17.3 Å². The van der Waals surface area contributed by atoms with Crippen LogP contribution in [-0.4, -0.2) is 24.2 Å². The second-order valence-corrected chi connectivity index (χ2v) is 5.17. The topological polar surface area (TPSA) is 58.6 Å². The van der Waals surface area contributed by atoms with Crippen molar-refractivity contribution in [2.24, 2.45) is 5.92 Å². The largest absolute Gasteiger partial charge is 0.495 e. The number of halogens is 1. The van der Waals surface area contributed by atoms with Crippen molar-refractivity contribution in [1.82, 2.24) is 5.32 Å². The van der Waals surface area contributed by atoms with Gasteiger partial charge in [0.25, 0.3) is 0 Å². The van der Waals surface area contributed by atoms with Gasteiger partial charge in [0.05, 0.1) is 24.7 Å². The zero-order valence-corrected chi connectivity index (χ0v) is 12.2. The van der Waals surface area contributed by atoms with Gasteiger partial charge < -0.3 is 15.2 Å². The molecule has 0 spiro atoms. The third-order valence-corrected chi connectivity index (χ3v) is 3.17. The monoisotopic (exact) mass is 285 g/mol. The van der Waals surface area contributed by atoms with Gasteiger partial charge in [-0.15, -0.1) is 0 Å². The van der Waals surface area contributed by atoms with E-state index >= 15 is 0 Å². The van der Waals surface area contributed by atoms with Crippen molar-refractivity contribution in [2.75, 3.05) is 7.11 Å². The maximum Gasteiger partial charge on any atom is 0.222 e. The van der Waals surface area contributed by atoms with Gasteiger partial charge in [0.2, 0.25) is 5.91 Å². The molecule has 1 atom stereocenters. The molecule has 0 heterocycles. The maximum atomic E-state index is 11.6. The number of carbonyl (C=O) groups is 1. The first-order valence-electron chi connectivity index (χ1n) is 6.21. The first-order chi connectivity index (χ1) is 8.93. The van der Waals surface area contributed by atoms with Crippen molar-refractivity contribution < 1.29 is 14.6 Å². The average Bonchev–Trinajstić information content (AvgIpc) is 2.36. The van der Waals surface area contributed by atoms with Crippen LogP contribution in [0, 0.1) is 5.92 Å². The number of benzene rings is 1. The molecule has 0 bridgehead atoms. The second kappa shape index (κ2) is 7.36. The zero-order valence-electron chi connectivity index (χ0n) is 11.4. The summed E-state index contributed by atoms with van der Waals surface area (Å²) in [5.41, 5.74) is 0.887. The third-order valence-electron chi connectivity index (χ3n) is 2.87. The number of ether oxygens (including phenoxy) is 1. The predicted molar refractivity (Wildman–Crippen MR) is 75.3 cm³/mol. The minimum Gasteiger partial charge on any atom is -0.495 e. The number of nitrogens with one attached hydrogen (secondary N) is 1. The highest BCUT2D eigenvalue weighted by molar-refractivity contribution is 6.32. The minimum atomic E-state index is -0.612. The van der Waals surface area contributed by atoms with Crippen LogP contribution in [0.4, 0.5) is 0 Å². The summed E-state index contributed by atoms with van der Waals surface area (Å²) in [6, 6.07) is 5.34. The number of methoxy groups -OCH3 is 1. The third kappa shape index (κ3) is 5.09. The molecule has 1 aromatic carbocycles. The Morgan fingerprint density at radius 2 is 2.16 bits per heavy atom. The average molecular weight is 286 g/mol. The summed E-state index contributed by atoms with van der Waals surface area (Å²) in [7, 11) is 1.55. The lowest BCUT2D eigenvalue weighted by Crippen LogP contribution is -2.29. The molecular formula is C14H20ClNO3. The Labute approximate surface area is 118 Å². The molecule has 2 N–H and O–H groups in total. The molecule has 0 aliphatic carbocycles. The normalized spacial score (nSPS) is 12.3. The van der Waals surface area contributed by atoms with E-state index in [1.165, 1.54) is 0 Å². The standard InChI is InChI=1S/C14H20ClNO3/c1-9(2)12(17)7-14(18)16-8-10-4-5-13(19-3)11(15)6-10/h4-6,9,12,17H,7-8H2,1-3H3,(H,16,18). The van der Waals surface area contributed by atoms with Crippen LogP contribution >= 0.6 is 11.6 Å². The Morgan fingerprint density at radius 3 is 2.68 bits per heavy atom. The van der Waals surface area contributed by atoms with Gasteiger partial charge in [-0.1, -0.05) is 31.5 Å². The van der Waals surface area contributed by atoms with Crippen LogP contribution in [0.3, 0.4) is 0 Å². The van der Waals surface area contributed by atoms with Crippen LogP contribution < -0.4 is 10.1 Å². The van der Waals surface area contributed by atoms with Crippen LogP contribution in [0.15, 0.2) is 18.2 Å². The Hall–Kier alpha value is -1.26. The van der Waals surface area contributed by atoms with Crippen LogP contribution in [0.1, 0.15) is 25.8 Å². The number of rotatable bonds is 6. The molecule has 1 aromatic rings. The van der Waals surface area contributed by atoms with Crippen molar-refractivity contribution >= 4 is 17.5 Å². The van der Waals surface area contributed by atoms with Crippen molar-refractivity contribution in [1.29, 1.82) is 0 Å². The molecule has 0 fully saturated rings. The number of aliphatic hydroxyl groups is 1. The van der Waals surface area contributed by atoms with E-state index in [1.807, 2.05) is 19.9 Å². The van der Waals surface area contributed by atoms with E-state index in [2.05, 4.69) is 5.32 Å². The van der Waals surface area contributed by atoms with Crippen molar-refractivity contribution in [3.8, 4) is 5.75 Å². The highest BCUT2D eigenvalue weighted by atomic mass is 35.5. The SMILES string of the molecule is COc1ccc(CNC(=O)CC(O)C(C)C)cc1Cl. The summed E-state index contributed by atoms with van der Waals surface area (Å²) in [5, 5.41) is 12.9. The van der Waals surface area contributed by atoms with Gasteiger partial charge in [0.15, 0.2) is 0 Å². The van der Waals surface area contributed by atoms with E-state index in [0.717, 1.165) is 5.56 Å². The lowest BCUT2D eigenvalue weighted by atomic mass is 10.0. The van der Waals surface area contributed by atoms with E-state index in [1.54, 1.807) is 19.2 Å². The van der Waals surface area contributed by atoms with Gasteiger partial charge in [0.1, 0.15) is 5.75 Å². The lowest BCUT2D eigenvalue weighted by molar-refractivity contribution is -0.123. The number of carbonyl (C=O) groups excluding carboxylic acids is 1. The van der Waals surface area contributed by atoms with Gasteiger partial charge in [-0.25, -0.2) is 0 Å². The first kappa shape index (κ1) is 15.8. The fourth-order valence-electron chi connectivity index (χ4n) is 1.52. The molecule has 0 saturated carbocycles. The van der Waals surface area contributed by atoms with Gasteiger partial charge >= 0.3 is 0 Å². The molecule has 4 nitrogen and oxygen atoms in total. The summed E-state index contributed by atoms with van der Waals surface area (Å²) in [4.78, 5) is 11.6. The van der Waals surface area contributed by atoms with Crippen molar-refractivity contribution in [3.05, 3.63) is 28.8 Å². The summed E-state index contributed by atoms with van der Waals surface area (Å²) in [6.45, 7) is 4.13. The van der Waals surface area contributed by atoms with E-state index < -0.39 is 6.10 Å². The molecule has 0 aliphatic heterocycles. The molecule has 5 heteroatoms. The molecular weight excluding hydrogens is 266 g/mol. The molecule has 19 heavy (non-hydrogen) atoms. The Kier molecular flexibility index (Phi) is 6.12. The van der Waals surface area contributed by atoms with Gasteiger partial charge in [-0.2, -0.15) is 0 Å². The summed E-state index contributed by atoms with van der Waals surface area (Å²) >= 11 is 5.99. The minimum absolute atomic E-state index is 0.0705. The predicted octanol–water partition coefficient (Wildman–Crippen LogP) is 2.37. The first-order valence-corrected chi connectivity index (χ1v) is 6.59. The van der Waals surface area contributed by atoms with E-state index in [-0.39, 0.29) is 18.2 Å². The van der Waals surface area contributed by atoms with Crippen molar-refractivity contribution in [2.45, 2.75) is 32.9 Å². The maximum absolute atomic E-state index is 11.6. The summed E-state index contributed by atoms with van der Waals surface area (Å²) in [5.74, 6) is 0.501. The Morgan fingerprint density at radius 1 is 1.47 bits per heavy atom. The highest BCUT2D eigenvalue weighted by Crippen LogP contribution is 2.24. The molecule has 106 valence electrons. The van der Waals surface area contributed by atoms with Crippen LogP contribution in [-0.2, 0) is 11.3 Å². The van der Waals surface area contributed by atoms with Gasteiger partial charge in [-0.3, -0.25) is 4.79 Å². The Bertz CT molecular complexity index is 435. The molecule has 1 amide bonds. The molecule has 1 unspecified atom stereocenters. The Balaban J connectivity index is 2.48. The number of hydrogen-bond donors (Lipinski definition) is 2. The highest BCUT2D eigenvalue weighted by Gasteiger charge is 2.14. The smallest absolute Gasteiger partial charge is 0.222 e. The molecule has 0 aliphatic rings. The molecule has 1 rings (SSSR count). The lowest BCUT2D eigenvalue weighted by Gasteiger charge is -2.14. The second-order valence-electron chi connectivity index (χ2n) is 4.76. The van der Waals surface area contributed by atoms with Crippen LogP contribution in [0.25, 0.3) is 0 Å². The number of hydrogen-bond acceptors (Lipinski definition) is 3. The van der Waals surface area contributed by atoms with E-state index in [9.17, 15) is 9.90 Å². The van der Waals surface area contributed by atoms with Gasteiger partial charge in [0, 0.05) is 6.54 Å². The van der Waals surface area contributed by atoms with Crippen molar-refractivity contribution in [3.63, 3.8) is 0 Å². The summed E-state index contributed by atoms with van der Waals surface area (Å²) < 4.78 is 5.05. The number of amides is 1. The van der Waals surface area contributed by atoms with Crippen LogP contribution in [0.2, 0.25) is 5.02 Å².